The molecule has 5 aromatic rings. The van der Waals surface area contributed by atoms with Crippen molar-refractivity contribution in [2.75, 3.05) is 10.8 Å². The van der Waals surface area contributed by atoms with Crippen molar-refractivity contribution in [2.45, 2.75) is 17.7 Å². The highest BCUT2D eigenvalue weighted by Gasteiger charge is 2.36. The third kappa shape index (κ3) is 3.24. The molecule has 4 nitrogen and oxygen atoms in total. The minimum Gasteiger partial charge on any atom is -0.354 e. The number of nitrogens with zero attached hydrogens (tertiary/aromatic N) is 1. The molecule has 34 heavy (non-hydrogen) atoms. The van der Waals surface area contributed by atoms with Crippen molar-refractivity contribution >= 4 is 26.6 Å². The minimum atomic E-state index is -3.79. The number of sulfonamides is 1. The van der Waals surface area contributed by atoms with Crippen molar-refractivity contribution in [3.05, 3.63) is 120 Å². The van der Waals surface area contributed by atoms with Gasteiger partial charge in [0.15, 0.2) is 0 Å². The third-order valence-corrected chi connectivity index (χ3v) is 8.49. The first-order chi connectivity index (χ1) is 16.5. The van der Waals surface area contributed by atoms with Crippen LogP contribution in [0, 0.1) is 6.92 Å². The minimum absolute atomic E-state index is 0.139. The molecular formula is C29H24N2O2S. The van der Waals surface area contributed by atoms with E-state index in [0.717, 1.165) is 38.9 Å². The Balaban J connectivity index is 1.65. The summed E-state index contributed by atoms with van der Waals surface area (Å²) in [5, 5.41) is 1.12. The maximum atomic E-state index is 14.0. The highest BCUT2D eigenvalue weighted by molar-refractivity contribution is 7.92. The second kappa shape index (κ2) is 7.89. The molecule has 168 valence electrons. The summed E-state index contributed by atoms with van der Waals surface area (Å²) in [6, 6.07) is 33.3. The number of H-pyrrole nitrogens is 1. The average Bonchev–Trinajstić information content (AvgIpc) is 3.17. The van der Waals surface area contributed by atoms with Crippen LogP contribution in [0.15, 0.2) is 108 Å². The number of rotatable bonds is 3. The van der Waals surface area contributed by atoms with E-state index in [1.165, 1.54) is 0 Å². The Morgan fingerprint density at radius 3 is 2.26 bits per heavy atom. The van der Waals surface area contributed by atoms with Gasteiger partial charge in [-0.1, -0.05) is 84.4 Å². The van der Waals surface area contributed by atoms with Crippen molar-refractivity contribution in [3.8, 4) is 11.3 Å². The van der Waals surface area contributed by atoms with Gasteiger partial charge in [-0.05, 0) is 42.3 Å². The average molecular weight is 465 g/mol. The van der Waals surface area contributed by atoms with Crippen LogP contribution in [0.5, 0.6) is 0 Å². The summed E-state index contributed by atoms with van der Waals surface area (Å²) < 4.78 is 29.7. The molecule has 5 heteroatoms. The highest BCUT2D eigenvalue weighted by Crippen LogP contribution is 2.46. The van der Waals surface area contributed by atoms with Crippen molar-refractivity contribution in [1.29, 1.82) is 0 Å². The van der Waals surface area contributed by atoms with E-state index in [9.17, 15) is 8.42 Å². The van der Waals surface area contributed by atoms with Crippen molar-refractivity contribution in [2.24, 2.45) is 0 Å². The molecule has 6 rings (SSSR count). The maximum absolute atomic E-state index is 14.0. The Labute approximate surface area is 199 Å². The van der Waals surface area contributed by atoms with Crippen LogP contribution < -0.4 is 4.31 Å². The number of aromatic amines is 1. The summed E-state index contributed by atoms with van der Waals surface area (Å²) in [7, 11) is -3.79. The molecule has 1 atom stereocenters. The molecule has 0 spiro atoms. The summed E-state index contributed by atoms with van der Waals surface area (Å²) in [4.78, 5) is 3.91. The zero-order valence-electron chi connectivity index (χ0n) is 18.8. The fourth-order valence-corrected chi connectivity index (χ4v) is 6.52. The van der Waals surface area contributed by atoms with E-state index in [0.29, 0.717) is 17.1 Å². The van der Waals surface area contributed by atoms with Crippen LogP contribution in [0.2, 0.25) is 0 Å². The molecule has 1 aliphatic heterocycles. The Morgan fingerprint density at radius 1 is 0.794 bits per heavy atom. The molecule has 0 fully saturated rings. The van der Waals surface area contributed by atoms with Crippen molar-refractivity contribution < 1.29 is 8.42 Å². The molecule has 1 unspecified atom stereocenters. The van der Waals surface area contributed by atoms with Crippen LogP contribution in [0.25, 0.3) is 22.2 Å². The highest BCUT2D eigenvalue weighted by atomic mass is 32.2. The van der Waals surface area contributed by atoms with Gasteiger partial charge in [0, 0.05) is 28.9 Å². The van der Waals surface area contributed by atoms with Gasteiger partial charge in [0.25, 0.3) is 10.0 Å². The Kier molecular flexibility index (Phi) is 4.82. The number of nitrogens with one attached hydrogen (secondary N) is 1. The fraction of sp³-hybridized carbons (Fsp3) is 0.103. The van der Waals surface area contributed by atoms with E-state index < -0.39 is 10.0 Å². The molecule has 1 N–H and O–H groups in total. The van der Waals surface area contributed by atoms with Gasteiger partial charge in [-0.3, -0.25) is 4.31 Å². The van der Waals surface area contributed by atoms with Crippen LogP contribution in [0.3, 0.4) is 0 Å². The van der Waals surface area contributed by atoms with Gasteiger partial charge in [-0.25, -0.2) is 8.42 Å². The molecule has 0 radical (unpaired) electrons. The molecule has 4 aromatic carbocycles. The lowest BCUT2D eigenvalue weighted by Gasteiger charge is -2.28. The van der Waals surface area contributed by atoms with Gasteiger partial charge in [-0.15, -0.1) is 0 Å². The zero-order chi connectivity index (χ0) is 23.3. The summed E-state index contributed by atoms with van der Waals surface area (Å²) in [6.07, 6.45) is 0. The number of aromatic nitrogens is 1. The van der Waals surface area contributed by atoms with E-state index in [2.05, 4.69) is 29.2 Å². The van der Waals surface area contributed by atoms with Crippen LogP contribution in [0.4, 0.5) is 5.69 Å². The molecule has 2 heterocycles. The smallest absolute Gasteiger partial charge is 0.264 e. The lowest BCUT2D eigenvalue weighted by Crippen LogP contribution is -2.34. The molecule has 0 saturated heterocycles. The summed E-state index contributed by atoms with van der Waals surface area (Å²) in [6.45, 7) is 2.27. The van der Waals surface area contributed by atoms with E-state index >= 15 is 0 Å². The number of fused-ring (bicyclic) bond motifs is 5. The normalized spacial score (nSPS) is 15.6. The summed E-state index contributed by atoms with van der Waals surface area (Å²) >= 11 is 0. The number of para-hydroxylation sites is 2. The number of hydrogen-bond donors (Lipinski definition) is 1. The second-order valence-corrected chi connectivity index (χ2v) is 10.7. The van der Waals surface area contributed by atoms with Crippen LogP contribution in [-0.4, -0.2) is 19.9 Å². The van der Waals surface area contributed by atoms with E-state index in [1.54, 1.807) is 16.4 Å². The predicted molar refractivity (Wildman–Crippen MR) is 138 cm³/mol. The van der Waals surface area contributed by atoms with Crippen LogP contribution >= 0.6 is 0 Å². The number of aryl methyl sites for hydroxylation is 1. The fourth-order valence-electron chi connectivity index (χ4n) is 5.02. The van der Waals surface area contributed by atoms with Crippen LogP contribution in [-0.2, 0) is 10.0 Å². The lowest BCUT2D eigenvalue weighted by atomic mass is 9.88. The van der Waals surface area contributed by atoms with E-state index in [4.69, 9.17) is 0 Å². The van der Waals surface area contributed by atoms with E-state index in [-0.39, 0.29) is 5.92 Å². The largest absolute Gasteiger partial charge is 0.354 e. The topological polar surface area (TPSA) is 53.2 Å². The first-order valence-corrected chi connectivity index (χ1v) is 12.8. The lowest BCUT2D eigenvalue weighted by molar-refractivity contribution is 0.589. The molecule has 1 aromatic heterocycles. The predicted octanol–water partition coefficient (Wildman–Crippen LogP) is 6.48. The zero-order valence-corrected chi connectivity index (χ0v) is 19.6. The van der Waals surface area contributed by atoms with Gasteiger partial charge in [0.1, 0.15) is 0 Å². The first-order valence-electron chi connectivity index (χ1n) is 11.4. The van der Waals surface area contributed by atoms with E-state index in [1.807, 2.05) is 73.7 Å². The molecule has 0 amide bonds. The Bertz CT molecular complexity index is 1600. The van der Waals surface area contributed by atoms with Crippen molar-refractivity contribution in [1.82, 2.24) is 4.98 Å². The molecule has 0 aliphatic carbocycles. The standard InChI is InChI=1S/C29H24N2O2S/c1-20-15-17-22(18-16-20)34(32,33)31-19-25(21-9-3-2-4-10-21)28-23-11-5-7-13-26(23)30-29(28)24-12-6-8-14-27(24)31/h2-18,25,30H,19H2,1H3. The Morgan fingerprint density at radius 2 is 1.47 bits per heavy atom. The molecule has 0 saturated carbocycles. The van der Waals surface area contributed by atoms with Gasteiger partial charge >= 0.3 is 0 Å². The SMILES string of the molecule is Cc1ccc(S(=O)(=O)N2CC(c3ccccc3)c3c([nH]c4ccccc34)-c3ccccc32)cc1. The number of benzene rings is 4. The molecule has 1 aliphatic rings. The van der Waals surface area contributed by atoms with Crippen molar-refractivity contribution in [3.63, 3.8) is 0 Å². The van der Waals surface area contributed by atoms with Gasteiger partial charge < -0.3 is 4.98 Å². The third-order valence-electron chi connectivity index (χ3n) is 6.70. The summed E-state index contributed by atoms with van der Waals surface area (Å²) in [5.74, 6) is -0.139. The quantitative estimate of drug-likeness (QED) is 0.332. The molecule has 0 bridgehead atoms. The molecular weight excluding hydrogens is 440 g/mol. The monoisotopic (exact) mass is 464 g/mol. The summed E-state index contributed by atoms with van der Waals surface area (Å²) in [5.41, 5.74) is 6.86. The Hall–Kier alpha value is -3.83. The van der Waals surface area contributed by atoms with Gasteiger partial charge in [0.2, 0.25) is 0 Å². The van der Waals surface area contributed by atoms with Gasteiger partial charge in [-0.2, -0.15) is 0 Å². The first kappa shape index (κ1) is 20.8. The number of anilines is 1. The maximum Gasteiger partial charge on any atom is 0.264 e. The van der Waals surface area contributed by atoms with Gasteiger partial charge in [0.05, 0.1) is 16.3 Å². The van der Waals surface area contributed by atoms with Crippen LogP contribution in [0.1, 0.15) is 22.6 Å². The number of hydrogen-bond acceptors (Lipinski definition) is 2. The second-order valence-electron chi connectivity index (χ2n) is 8.79.